The lowest BCUT2D eigenvalue weighted by molar-refractivity contribution is 0.0266. The predicted octanol–water partition coefficient (Wildman–Crippen LogP) is 3.52. The maximum absolute atomic E-state index is 4.04. The molecule has 0 spiro atoms. The van der Waals surface area contributed by atoms with E-state index < -0.39 is 0 Å². The number of hydrogen-bond acceptors (Lipinski definition) is 2. The molecule has 0 radical (unpaired) electrons. The van der Waals surface area contributed by atoms with Gasteiger partial charge >= 0.3 is 0 Å². The Morgan fingerprint density at radius 2 is 1.65 bits per heavy atom. The lowest BCUT2D eigenvalue weighted by Gasteiger charge is -2.49. The maximum atomic E-state index is 4.04. The van der Waals surface area contributed by atoms with E-state index in [-0.39, 0.29) is 0 Å². The highest BCUT2D eigenvalue weighted by Gasteiger charge is 2.47. The van der Waals surface area contributed by atoms with Crippen molar-refractivity contribution in [1.82, 2.24) is 10.2 Å². The summed E-state index contributed by atoms with van der Waals surface area (Å²) in [6.45, 7) is 13.5. The van der Waals surface area contributed by atoms with Gasteiger partial charge in [0.25, 0.3) is 0 Å². The molecule has 116 valence electrons. The molecule has 2 atom stereocenters. The molecule has 0 aromatic rings. The maximum Gasteiger partial charge on any atom is 0.0148 e. The summed E-state index contributed by atoms with van der Waals surface area (Å²) in [6, 6.07) is 1.54. The first-order chi connectivity index (χ1) is 9.52. The lowest BCUT2D eigenvalue weighted by atomic mass is 9.73. The fraction of sp³-hybridized carbons (Fsp3) is 1.00. The van der Waals surface area contributed by atoms with E-state index in [9.17, 15) is 0 Å². The first-order valence-corrected chi connectivity index (χ1v) is 8.99. The summed E-state index contributed by atoms with van der Waals surface area (Å²) in [7, 11) is 0. The average molecular weight is 278 g/mol. The average Bonchev–Trinajstić information content (AvgIpc) is 3.16. The monoisotopic (exact) mass is 278 g/mol. The molecular weight excluding hydrogens is 244 g/mol. The van der Waals surface area contributed by atoms with Crippen molar-refractivity contribution < 1.29 is 0 Å². The Morgan fingerprint density at radius 1 is 1.05 bits per heavy atom. The standard InChI is InChI=1S/C18H34N2/c1-13(2)18(8-9-18)12-19-17-15-6-5-7-16(17)11-20(10-15)14(3)4/h13-17,19H,5-12H2,1-4H3. The van der Waals surface area contributed by atoms with Crippen LogP contribution < -0.4 is 5.32 Å². The topological polar surface area (TPSA) is 15.3 Å². The van der Waals surface area contributed by atoms with E-state index in [4.69, 9.17) is 0 Å². The Morgan fingerprint density at radius 3 is 2.10 bits per heavy atom. The zero-order chi connectivity index (χ0) is 14.3. The van der Waals surface area contributed by atoms with Crippen LogP contribution in [-0.4, -0.2) is 36.6 Å². The van der Waals surface area contributed by atoms with Crippen LogP contribution in [0.5, 0.6) is 0 Å². The third-order valence-corrected chi connectivity index (χ3v) is 6.64. The van der Waals surface area contributed by atoms with Gasteiger partial charge in [0.15, 0.2) is 0 Å². The Balaban J connectivity index is 1.60. The fourth-order valence-electron chi connectivity index (χ4n) is 4.67. The van der Waals surface area contributed by atoms with Crippen molar-refractivity contribution >= 4 is 0 Å². The largest absolute Gasteiger partial charge is 0.313 e. The highest BCUT2D eigenvalue weighted by atomic mass is 15.2. The minimum Gasteiger partial charge on any atom is -0.313 e. The van der Waals surface area contributed by atoms with E-state index in [1.807, 2.05) is 0 Å². The molecule has 20 heavy (non-hydrogen) atoms. The second kappa shape index (κ2) is 5.61. The van der Waals surface area contributed by atoms with Gasteiger partial charge in [0.05, 0.1) is 0 Å². The van der Waals surface area contributed by atoms with Gasteiger partial charge in [-0.25, -0.2) is 0 Å². The third-order valence-electron chi connectivity index (χ3n) is 6.64. The Labute approximate surface area is 125 Å². The molecule has 2 bridgehead atoms. The lowest BCUT2D eigenvalue weighted by Crippen LogP contribution is -2.59. The van der Waals surface area contributed by atoms with Crippen molar-refractivity contribution in [3.8, 4) is 0 Å². The van der Waals surface area contributed by atoms with Gasteiger partial charge in [0.2, 0.25) is 0 Å². The molecule has 3 rings (SSSR count). The molecular formula is C18H34N2. The molecule has 2 unspecified atom stereocenters. The SMILES string of the molecule is CC(C)N1CC2CCCC(C1)C2NCC1(C(C)C)CC1. The molecule has 3 aliphatic rings. The Kier molecular flexibility index (Phi) is 4.16. The van der Waals surface area contributed by atoms with Gasteiger partial charge in [-0.2, -0.15) is 0 Å². The second-order valence-corrected chi connectivity index (χ2v) is 8.42. The van der Waals surface area contributed by atoms with Crippen molar-refractivity contribution in [2.24, 2.45) is 23.2 Å². The van der Waals surface area contributed by atoms with E-state index in [1.165, 1.54) is 51.7 Å². The summed E-state index contributed by atoms with van der Waals surface area (Å²) < 4.78 is 0. The molecule has 1 aliphatic heterocycles. The van der Waals surface area contributed by atoms with Crippen LogP contribution in [0.2, 0.25) is 0 Å². The van der Waals surface area contributed by atoms with Gasteiger partial charge in [-0.3, -0.25) is 0 Å². The summed E-state index contributed by atoms with van der Waals surface area (Å²) in [6.07, 6.45) is 7.28. The van der Waals surface area contributed by atoms with Gasteiger partial charge in [0.1, 0.15) is 0 Å². The zero-order valence-electron chi connectivity index (χ0n) is 14.0. The first kappa shape index (κ1) is 14.8. The number of nitrogens with zero attached hydrogens (tertiary/aromatic N) is 1. The predicted molar refractivity (Wildman–Crippen MR) is 85.8 cm³/mol. The van der Waals surface area contributed by atoms with Crippen LogP contribution in [0.15, 0.2) is 0 Å². The van der Waals surface area contributed by atoms with Crippen LogP contribution >= 0.6 is 0 Å². The number of likely N-dealkylation sites (tertiary alicyclic amines) is 1. The van der Waals surface area contributed by atoms with Crippen molar-refractivity contribution in [2.45, 2.75) is 71.9 Å². The third kappa shape index (κ3) is 2.78. The highest BCUT2D eigenvalue weighted by molar-refractivity contribution is 5.01. The molecule has 1 N–H and O–H groups in total. The molecule has 2 heteroatoms. The van der Waals surface area contributed by atoms with E-state index in [2.05, 4.69) is 37.9 Å². The zero-order valence-corrected chi connectivity index (χ0v) is 14.0. The number of fused-ring (bicyclic) bond motifs is 2. The molecule has 0 aromatic heterocycles. The molecule has 2 aliphatic carbocycles. The number of rotatable bonds is 5. The second-order valence-electron chi connectivity index (χ2n) is 8.42. The minimum atomic E-state index is 0.656. The van der Waals surface area contributed by atoms with E-state index in [0.717, 1.165) is 29.8 Å². The highest BCUT2D eigenvalue weighted by Crippen LogP contribution is 2.51. The van der Waals surface area contributed by atoms with Crippen LogP contribution in [0.25, 0.3) is 0 Å². The van der Waals surface area contributed by atoms with Gasteiger partial charge in [-0.15, -0.1) is 0 Å². The summed E-state index contributed by atoms with van der Waals surface area (Å²) in [5.41, 5.74) is 0.656. The van der Waals surface area contributed by atoms with Crippen LogP contribution in [-0.2, 0) is 0 Å². The van der Waals surface area contributed by atoms with Crippen molar-refractivity contribution in [3.05, 3.63) is 0 Å². The van der Waals surface area contributed by atoms with Crippen LogP contribution in [0.1, 0.15) is 59.8 Å². The van der Waals surface area contributed by atoms with E-state index >= 15 is 0 Å². The molecule has 2 saturated carbocycles. The molecule has 2 nitrogen and oxygen atoms in total. The molecule has 1 heterocycles. The van der Waals surface area contributed by atoms with Crippen molar-refractivity contribution in [1.29, 1.82) is 0 Å². The van der Waals surface area contributed by atoms with Crippen LogP contribution in [0, 0.1) is 23.2 Å². The van der Waals surface area contributed by atoms with Gasteiger partial charge in [-0.05, 0) is 62.7 Å². The quantitative estimate of drug-likeness (QED) is 0.828. The summed E-state index contributed by atoms with van der Waals surface area (Å²) in [4.78, 5) is 2.72. The van der Waals surface area contributed by atoms with E-state index in [0.29, 0.717) is 5.41 Å². The fourth-order valence-corrected chi connectivity index (χ4v) is 4.67. The van der Waals surface area contributed by atoms with Crippen LogP contribution in [0.4, 0.5) is 0 Å². The summed E-state index contributed by atoms with van der Waals surface area (Å²) in [5, 5.41) is 4.04. The first-order valence-electron chi connectivity index (χ1n) is 8.99. The number of nitrogens with one attached hydrogen (secondary N) is 1. The van der Waals surface area contributed by atoms with Crippen molar-refractivity contribution in [3.63, 3.8) is 0 Å². The molecule has 0 aromatic carbocycles. The number of piperidine rings is 1. The Bertz CT molecular complexity index is 318. The van der Waals surface area contributed by atoms with Crippen molar-refractivity contribution in [2.75, 3.05) is 19.6 Å². The molecule has 1 saturated heterocycles. The molecule has 3 fully saturated rings. The normalized spacial score (nSPS) is 36.6. The smallest absolute Gasteiger partial charge is 0.0148 e. The molecule has 0 amide bonds. The van der Waals surface area contributed by atoms with Gasteiger partial charge < -0.3 is 10.2 Å². The number of hydrogen-bond donors (Lipinski definition) is 1. The van der Waals surface area contributed by atoms with Gasteiger partial charge in [0, 0.05) is 31.7 Å². The Hall–Kier alpha value is -0.0800. The van der Waals surface area contributed by atoms with Crippen LogP contribution in [0.3, 0.4) is 0 Å². The summed E-state index contributed by atoms with van der Waals surface area (Å²) in [5.74, 6) is 2.67. The van der Waals surface area contributed by atoms with E-state index in [1.54, 1.807) is 0 Å². The van der Waals surface area contributed by atoms with Gasteiger partial charge in [-0.1, -0.05) is 20.3 Å². The minimum absolute atomic E-state index is 0.656. The summed E-state index contributed by atoms with van der Waals surface area (Å²) >= 11 is 0.